The van der Waals surface area contributed by atoms with Crippen molar-refractivity contribution in [1.82, 2.24) is 10.2 Å². The maximum Gasteiger partial charge on any atom is 0.168 e. The zero-order chi connectivity index (χ0) is 20.6. The fourth-order valence-electron chi connectivity index (χ4n) is 3.18. The van der Waals surface area contributed by atoms with Gasteiger partial charge >= 0.3 is 0 Å². The molecule has 0 saturated heterocycles. The Labute approximate surface area is 184 Å². The number of rotatable bonds is 7. The van der Waals surface area contributed by atoms with Gasteiger partial charge in [-0.2, -0.15) is 0 Å². The van der Waals surface area contributed by atoms with Gasteiger partial charge < -0.3 is 15.5 Å². The lowest BCUT2D eigenvalue weighted by molar-refractivity contribution is 0.497. The van der Waals surface area contributed by atoms with Gasteiger partial charge in [-0.25, -0.2) is 0 Å². The smallest absolute Gasteiger partial charge is 0.168 e. The Morgan fingerprint density at radius 1 is 0.966 bits per heavy atom. The first-order valence-corrected chi connectivity index (χ1v) is 10.8. The number of hydrogen-bond acceptors (Lipinski definition) is 2. The summed E-state index contributed by atoms with van der Waals surface area (Å²) in [6.07, 6.45) is 1.99. The van der Waals surface area contributed by atoms with Crippen LogP contribution in [0, 0.1) is 0 Å². The van der Waals surface area contributed by atoms with Crippen LogP contribution in [0.1, 0.15) is 24.5 Å². The zero-order valence-electron chi connectivity index (χ0n) is 16.9. The Morgan fingerprint density at radius 3 is 2.52 bits per heavy atom. The first-order chi connectivity index (χ1) is 14.1. The second kappa shape index (κ2) is 10.3. The molecule has 2 N–H and O–H groups in total. The molecule has 3 rings (SSSR count). The number of nitrogens with zero attached hydrogens (tertiary/aromatic N) is 1. The summed E-state index contributed by atoms with van der Waals surface area (Å²) in [4.78, 5) is 2.84. The molecule has 0 aliphatic rings. The normalized spacial score (nSPS) is 10.6. The highest BCUT2D eigenvalue weighted by Crippen LogP contribution is 2.22. The number of hydrogen-bond donors (Lipinski definition) is 2. The molecule has 29 heavy (non-hydrogen) atoms. The van der Waals surface area contributed by atoms with Gasteiger partial charge in [-0.1, -0.05) is 67.7 Å². The van der Waals surface area contributed by atoms with Gasteiger partial charge in [0.05, 0.1) is 0 Å². The maximum atomic E-state index is 5.64. The van der Waals surface area contributed by atoms with Gasteiger partial charge in [0.25, 0.3) is 0 Å². The molecule has 0 aliphatic carbocycles. The van der Waals surface area contributed by atoms with Gasteiger partial charge in [0, 0.05) is 31.4 Å². The number of likely N-dealkylation sites (N-methyl/N-ethyl adjacent to an activating group) is 1. The lowest BCUT2D eigenvalue weighted by atomic mass is 9.99. The van der Waals surface area contributed by atoms with Gasteiger partial charge in [0.15, 0.2) is 5.11 Å². The van der Waals surface area contributed by atoms with E-state index in [4.69, 9.17) is 24.4 Å². The van der Waals surface area contributed by atoms with Crippen molar-refractivity contribution in [2.75, 3.05) is 25.5 Å². The average molecular weight is 422 g/mol. The number of anilines is 1. The molecule has 0 saturated carbocycles. The van der Waals surface area contributed by atoms with E-state index < -0.39 is 0 Å². The van der Waals surface area contributed by atoms with Crippen molar-refractivity contribution in [3.8, 4) is 0 Å². The zero-order valence-corrected chi connectivity index (χ0v) is 18.6. The first-order valence-electron chi connectivity index (χ1n) is 9.95. The fourth-order valence-corrected chi connectivity index (χ4v) is 3.62. The summed E-state index contributed by atoms with van der Waals surface area (Å²) in [6, 6.07) is 22.9. The highest BCUT2D eigenvalue weighted by molar-refractivity contribution is 7.81. The lowest BCUT2D eigenvalue weighted by Crippen LogP contribution is -2.38. The van der Waals surface area contributed by atoms with Crippen LogP contribution in [-0.2, 0) is 6.42 Å². The Bertz CT molecular complexity index is 986. The standard InChI is InChI=1S/C24H27N3S2/c1-3-15-25-24(29)27(2)16-14-19-9-7-8-18-12-13-20(17-22(18)19)23(28)26-21-10-5-4-6-11-21/h4-13,17H,3,14-16H2,1-2H3,(H,25,29)(H,26,28). The predicted octanol–water partition coefficient (Wildman–Crippen LogP) is 5.39. The monoisotopic (exact) mass is 421 g/mol. The number of para-hydroxylation sites is 1. The molecule has 0 aromatic heterocycles. The van der Waals surface area contributed by atoms with E-state index in [-0.39, 0.29) is 0 Å². The third-order valence-corrected chi connectivity index (χ3v) is 5.65. The molecule has 0 fully saturated rings. The molecule has 5 heteroatoms. The number of fused-ring (bicyclic) bond motifs is 1. The van der Waals surface area contributed by atoms with Crippen molar-refractivity contribution in [3.63, 3.8) is 0 Å². The second-order valence-electron chi connectivity index (χ2n) is 7.08. The predicted molar refractivity (Wildman–Crippen MR) is 133 cm³/mol. The SMILES string of the molecule is CCCNC(=S)N(C)CCc1cccc2ccc(C(=S)Nc3ccccc3)cc12. The molecule has 0 spiro atoms. The summed E-state index contributed by atoms with van der Waals surface area (Å²) in [5.41, 5.74) is 3.33. The minimum Gasteiger partial charge on any atom is -0.363 e. The van der Waals surface area contributed by atoms with Gasteiger partial charge in [-0.3, -0.25) is 0 Å². The van der Waals surface area contributed by atoms with Crippen LogP contribution >= 0.6 is 24.4 Å². The topological polar surface area (TPSA) is 27.3 Å². The van der Waals surface area contributed by atoms with E-state index in [1.165, 1.54) is 16.3 Å². The van der Waals surface area contributed by atoms with Crippen LogP contribution in [0.15, 0.2) is 66.7 Å². The van der Waals surface area contributed by atoms with Crippen LogP contribution < -0.4 is 10.6 Å². The van der Waals surface area contributed by atoms with Crippen LogP contribution in [0.3, 0.4) is 0 Å². The highest BCUT2D eigenvalue weighted by Gasteiger charge is 2.08. The third kappa shape index (κ3) is 5.75. The molecule has 0 amide bonds. The Kier molecular flexibility index (Phi) is 7.55. The minimum absolute atomic E-state index is 0.731. The van der Waals surface area contributed by atoms with E-state index in [1.54, 1.807) is 0 Å². The van der Waals surface area contributed by atoms with Crippen LogP contribution in [-0.4, -0.2) is 35.1 Å². The average Bonchev–Trinajstić information content (AvgIpc) is 2.76. The summed E-state index contributed by atoms with van der Waals surface area (Å²) < 4.78 is 0. The molecule has 0 heterocycles. The van der Waals surface area contributed by atoms with Crippen LogP contribution in [0.2, 0.25) is 0 Å². The Balaban J connectivity index is 1.75. The van der Waals surface area contributed by atoms with E-state index in [0.29, 0.717) is 0 Å². The number of benzene rings is 3. The molecule has 0 atom stereocenters. The molecule has 0 radical (unpaired) electrons. The van der Waals surface area contributed by atoms with E-state index in [0.717, 1.165) is 47.3 Å². The summed E-state index contributed by atoms with van der Waals surface area (Å²) in [7, 11) is 2.04. The maximum absolute atomic E-state index is 5.64. The van der Waals surface area contributed by atoms with Gasteiger partial charge in [0.2, 0.25) is 0 Å². The Morgan fingerprint density at radius 2 is 1.76 bits per heavy atom. The summed E-state index contributed by atoms with van der Waals surface area (Å²) >= 11 is 11.1. The third-order valence-electron chi connectivity index (χ3n) is 4.86. The number of thiocarbonyl (C=S) groups is 2. The molecule has 3 aromatic rings. The molecule has 0 aliphatic heterocycles. The summed E-state index contributed by atoms with van der Waals surface area (Å²) in [6.45, 7) is 3.92. The molecule has 3 nitrogen and oxygen atoms in total. The summed E-state index contributed by atoms with van der Waals surface area (Å²) in [5, 5.41) is 9.88. The second-order valence-corrected chi connectivity index (χ2v) is 7.87. The van der Waals surface area contributed by atoms with Crippen LogP contribution in [0.4, 0.5) is 5.69 Å². The molecule has 0 bridgehead atoms. The van der Waals surface area contributed by atoms with Crippen molar-refractivity contribution >= 4 is 51.0 Å². The highest BCUT2D eigenvalue weighted by atomic mass is 32.1. The van der Waals surface area contributed by atoms with E-state index in [2.05, 4.69) is 58.9 Å². The van der Waals surface area contributed by atoms with Crippen molar-refractivity contribution in [2.45, 2.75) is 19.8 Å². The first kappa shape index (κ1) is 21.2. The van der Waals surface area contributed by atoms with Crippen molar-refractivity contribution in [3.05, 3.63) is 77.9 Å². The van der Waals surface area contributed by atoms with Crippen molar-refractivity contribution in [1.29, 1.82) is 0 Å². The molecule has 3 aromatic carbocycles. The van der Waals surface area contributed by atoms with Gasteiger partial charge in [-0.05, 0) is 59.6 Å². The Hall–Kier alpha value is -2.50. The van der Waals surface area contributed by atoms with Gasteiger partial charge in [-0.15, -0.1) is 0 Å². The molecular formula is C24H27N3S2. The minimum atomic E-state index is 0.731. The van der Waals surface area contributed by atoms with E-state index >= 15 is 0 Å². The van der Waals surface area contributed by atoms with Crippen molar-refractivity contribution in [2.24, 2.45) is 0 Å². The van der Waals surface area contributed by atoms with Gasteiger partial charge in [0.1, 0.15) is 4.99 Å². The van der Waals surface area contributed by atoms with Crippen LogP contribution in [0.5, 0.6) is 0 Å². The quantitative estimate of drug-likeness (QED) is 0.499. The van der Waals surface area contributed by atoms with E-state index in [1.807, 2.05) is 37.4 Å². The largest absolute Gasteiger partial charge is 0.363 e. The fraction of sp³-hybridized carbons (Fsp3) is 0.250. The molecule has 0 unspecified atom stereocenters. The lowest BCUT2D eigenvalue weighted by Gasteiger charge is -2.21. The molecule has 150 valence electrons. The molecular weight excluding hydrogens is 394 g/mol. The number of nitrogens with one attached hydrogen (secondary N) is 2. The van der Waals surface area contributed by atoms with Crippen LogP contribution in [0.25, 0.3) is 10.8 Å². The van der Waals surface area contributed by atoms with Crippen molar-refractivity contribution < 1.29 is 0 Å². The summed E-state index contributed by atoms with van der Waals surface area (Å²) in [5.74, 6) is 0. The van der Waals surface area contributed by atoms with E-state index in [9.17, 15) is 0 Å².